The van der Waals surface area contributed by atoms with Gasteiger partial charge in [0.2, 0.25) is 6.10 Å². The van der Waals surface area contributed by atoms with E-state index in [4.69, 9.17) is 9.47 Å². The summed E-state index contributed by atoms with van der Waals surface area (Å²) in [5, 5.41) is 0. The van der Waals surface area contributed by atoms with E-state index in [0.717, 1.165) is 12.8 Å². The molecule has 2 fully saturated rings. The van der Waals surface area contributed by atoms with Crippen LogP contribution in [-0.2, 0) is 9.47 Å². The van der Waals surface area contributed by atoms with Gasteiger partial charge in [0.25, 0.3) is 0 Å². The van der Waals surface area contributed by atoms with Crippen molar-refractivity contribution in [1.82, 2.24) is 0 Å². The maximum Gasteiger partial charge on any atom is 0.510 e. The first-order chi connectivity index (χ1) is 8.46. The highest BCUT2D eigenvalue weighted by Crippen LogP contribution is 2.33. The molecule has 3 nitrogen and oxygen atoms in total. The number of rotatable bonds is 1. The Morgan fingerprint density at radius 2 is 1.78 bits per heavy atom. The zero-order valence-corrected chi connectivity index (χ0v) is 12.5. The van der Waals surface area contributed by atoms with Gasteiger partial charge in [0.05, 0.1) is 0 Å². The molecular formula is C14H22O3Si. The fourth-order valence-corrected chi connectivity index (χ4v) is 3.15. The van der Waals surface area contributed by atoms with E-state index in [9.17, 15) is 4.79 Å². The van der Waals surface area contributed by atoms with Gasteiger partial charge in [0.1, 0.15) is 8.07 Å². The molecule has 2 aliphatic rings. The van der Waals surface area contributed by atoms with Crippen LogP contribution in [0.3, 0.4) is 0 Å². The minimum atomic E-state index is -1.43. The Kier molecular flexibility index (Phi) is 4.01. The van der Waals surface area contributed by atoms with Crippen molar-refractivity contribution in [2.24, 2.45) is 5.92 Å². The third-order valence-electron chi connectivity index (χ3n) is 3.46. The molecule has 2 atom stereocenters. The summed E-state index contributed by atoms with van der Waals surface area (Å²) < 4.78 is 10.5. The molecule has 0 bridgehead atoms. The van der Waals surface area contributed by atoms with Crippen LogP contribution >= 0.6 is 0 Å². The lowest BCUT2D eigenvalue weighted by molar-refractivity contribution is 0.0814. The minimum Gasteiger partial charge on any atom is -0.426 e. The summed E-state index contributed by atoms with van der Waals surface area (Å²) in [7, 11) is -1.43. The summed E-state index contributed by atoms with van der Waals surface area (Å²) in [6.07, 6.45) is 5.00. The van der Waals surface area contributed by atoms with Crippen molar-refractivity contribution in [1.29, 1.82) is 0 Å². The van der Waals surface area contributed by atoms with E-state index in [1.165, 1.54) is 19.3 Å². The predicted molar refractivity (Wildman–Crippen MR) is 72.8 cm³/mol. The van der Waals surface area contributed by atoms with Crippen LogP contribution in [0.4, 0.5) is 4.79 Å². The molecule has 2 rings (SSSR count). The second-order valence-electron chi connectivity index (χ2n) is 6.29. The number of carbonyl (C=O) groups excluding carboxylic acids is 1. The highest BCUT2D eigenvalue weighted by Gasteiger charge is 2.41. The lowest BCUT2D eigenvalue weighted by Crippen LogP contribution is -2.32. The van der Waals surface area contributed by atoms with E-state index in [1.807, 2.05) is 0 Å². The number of hydrogen-bond donors (Lipinski definition) is 0. The molecule has 0 amide bonds. The Morgan fingerprint density at radius 1 is 1.11 bits per heavy atom. The second kappa shape index (κ2) is 5.36. The number of carbonyl (C=O) groups is 1. The maximum absolute atomic E-state index is 11.3. The zero-order chi connectivity index (χ0) is 13.2. The van der Waals surface area contributed by atoms with Gasteiger partial charge in [-0.1, -0.05) is 44.8 Å². The van der Waals surface area contributed by atoms with Crippen LogP contribution < -0.4 is 0 Å². The molecule has 0 radical (unpaired) electrons. The Hall–Kier alpha value is -0.953. The third kappa shape index (κ3) is 3.52. The standard InChI is InChI=1S/C14H22O3Si/c1-18(2,3)10-9-12-13(17-14(15)16-12)11-7-5-4-6-8-11/h11-13H,4-8H2,1-3H3/t12-,13+/m1/s1. The van der Waals surface area contributed by atoms with Crippen LogP contribution in [0.5, 0.6) is 0 Å². The molecule has 0 aromatic carbocycles. The smallest absolute Gasteiger partial charge is 0.426 e. The molecule has 1 aliphatic carbocycles. The molecule has 0 aromatic heterocycles. The first-order valence-corrected chi connectivity index (χ1v) is 10.4. The minimum absolute atomic E-state index is 0.137. The van der Waals surface area contributed by atoms with Gasteiger partial charge in [-0.25, -0.2) is 4.79 Å². The maximum atomic E-state index is 11.3. The first kappa shape index (κ1) is 13.5. The van der Waals surface area contributed by atoms with Crippen LogP contribution in [0.15, 0.2) is 0 Å². The highest BCUT2D eigenvalue weighted by atomic mass is 28.3. The SMILES string of the molecule is C[Si](C)(C)C#C[C@H]1OC(=O)O[C@H]1C1CCCCC1. The molecule has 0 spiro atoms. The van der Waals surface area contributed by atoms with Gasteiger partial charge < -0.3 is 9.47 Å². The normalized spacial score (nSPS) is 29.2. The molecule has 0 unspecified atom stereocenters. The quantitative estimate of drug-likeness (QED) is 0.415. The lowest BCUT2D eigenvalue weighted by atomic mass is 9.83. The van der Waals surface area contributed by atoms with E-state index in [1.54, 1.807) is 0 Å². The van der Waals surface area contributed by atoms with Gasteiger partial charge in [0.15, 0.2) is 6.10 Å². The van der Waals surface area contributed by atoms with Crippen LogP contribution in [0.25, 0.3) is 0 Å². The van der Waals surface area contributed by atoms with Gasteiger partial charge in [-0.2, -0.15) is 0 Å². The molecule has 1 heterocycles. The summed E-state index contributed by atoms with van der Waals surface area (Å²) in [5.41, 5.74) is 3.29. The summed E-state index contributed by atoms with van der Waals surface area (Å²) in [5.74, 6) is 3.58. The Labute approximate surface area is 110 Å². The highest BCUT2D eigenvalue weighted by molar-refractivity contribution is 6.83. The van der Waals surface area contributed by atoms with Crippen LogP contribution in [0.2, 0.25) is 19.6 Å². The topological polar surface area (TPSA) is 35.5 Å². The largest absolute Gasteiger partial charge is 0.510 e. The number of hydrogen-bond acceptors (Lipinski definition) is 3. The Balaban J connectivity index is 2.06. The van der Waals surface area contributed by atoms with Crippen molar-refractivity contribution >= 4 is 14.2 Å². The zero-order valence-electron chi connectivity index (χ0n) is 11.5. The predicted octanol–water partition coefficient (Wildman–Crippen LogP) is 3.35. The van der Waals surface area contributed by atoms with Crippen molar-refractivity contribution < 1.29 is 14.3 Å². The molecule has 100 valence electrons. The van der Waals surface area contributed by atoms with E-state index in [-0.39, 0.29) is 12.2 Å². The van der Waals surface area contributed by atoms with Crippen molar-refractivity contribution in [2.75, 3.05) is 0 Å². The second-order valence-corrected chi connectivity index (χ2v) is 11.0. The van der Waals surface area contributed by atoms with Gasteiger partial charge in [-0.15, -0.1) is 5.54 Å². The fraction of sp³-hybridized carbons (Fsp3) is 0.786. The number of cyclic esters (lactones) is 2. The van der Waals surface area contributed by atoms with E-state index >= 15 is 0 Å². The summed E-state index contributed by atoms with van der Waals surface area (Å²) in [6.45, 7) is 6.56. The third-order valence-corrected chi connectivity index (χ3v) is 4.35. The van der Waals surface area contributed by atoms with Crippen LogP contribution in [-0.4, -0.2) is 26.4 Å². The molecule has 0 N–H and O–H groups in total. The molecule has 1 aliphatic heterocycles. The van der Waals surface area contributed by atoms with Crippen molar-refractivity contribution in [3.05, 3.63) is 0 Å². The van der Waals surface area contributed by atoms with Crippen molar-refractivity contribution in [3.63, 3.8) is 0 Å². The lowest BCUT2D eigenvalue weighted by Gasteiger charge is -2.26. The summed E-state index contributed by atoms with van der Waals surface area (Å²) in [6, 6.07) is 0. The molecule has 0 aromatic rings. The van der Waals surface area contributed by atoms with Crippen LogP contribution in [0.1, 0.15) is 32.1 Å². The average Bonchev–Trinajstić information content (AvgIpc) is 2.68. The Morgan fingerprint density at radius 3 is 2.39 bits per heavy atom. The number of ether oxygens (including phenoxy) is 2. The van der Waals surface area contributed by atoms with Gasteiger partial charge in [-0.05, 0) is 12.8 Å². The molecule has 18 heavy (non-hydrogen) atoms. The first-order valence-electron chi connectivity index (χ1n) is 6.86. The van der Waals surface area contributed by atoms with E-state index in [0.29, 0.717) is 5.92 Å². The monoisotopic (exact) mass is 266 g/mol. The van der Waals surface area contributed by atoms with Crippen molar-refractivity contribution in [2.45, 2.75) is 64.0 Å². The van der Waals surface area contributed by atoms with Gasteiger partial charge >= 0.3 is 6.16 Å². The molecular weight excluding hydrogens is 244 g/mol. The summed E-state index contributed by atoms with van der Waals surface area (Å²) >= 11 is 0. The fourth-order valence-electron chi connectivity index (χ4n) is 2.58. The van der Waals surface area contributed by atoms with E-state index < -0.39 is 14.2 Å². The molecule has 1 saturated heterocycles. The van der Waals surface area contributed by atoms with Crippen LogP contribution in [0, 0.1) is 17.4 Å². The van der Waals surface area contributed by atoms with Gasteiger partial charge in [0, 0.05) is 5.92 Å². The van der Waals surface area contributed by atoms with E-state index in [2.05, 4.69) is 31.1 Å². The molecule has 4 heteroatoms. The molecule has 1 saturated carbocycles. The van der Waals surface area contributed by atoms with Gasteiger partial charge in [-0.3, -0.25) is 0 Å². The average molecular weight is 266 g/mol. The Bertz CT molecular complexity index is 369. The summed E-state index contributed by atoms with van der Waals surface area (Å²) in [4.78, 5) is 11.3. The van der Waals surface area contributed by atoms with Crippen molar-refractivity contribution in [3.8, 4) is 11.5 Å².